The summed E-state index contributed by atoms with van der Waals surface area (Å²) in [6.07, 6.45) is 1.48. The van der Waals surface area contributed by atoms with E-state index in [1.165, 1.54) is 12.3 Å². The third-order valence-corrected chi connectivity index (χ3v) is 3.45. The van der Waals surface area contributed by atoms with Crippen LogP contribution in [0.2, 0.25) is 0 Å². The molecular formula is C18H14FN3O2. The third-order valence-electron chi connectivity index (χ3n) is 3.45. The zero-order chi connectivity index (χ0) is 16.9. The highest BCUT2D eigenvalue weighted by molar-refractivity contribution is 6.39. The maximum absolute atomic E-state index is 13.5. The average Bonchev–Trinajstić information content (AvgIpc) is 2.60. The molecule has 6 heteroatoms. The minimum Gasteiger partial charge on any atom is -0.344 e. The van der Waals surface area contributed by atoms with Gasteiger partial charge in [-0.1, -0.05) is 36.4 Å². The van der Waals surface area contributed by atoms with Crippen LogP contribution in [0.3, 0.4) is 0 Å². The van der Waals surface area contributed by atoms with Gasteiger partial charge in [-0.25, -0.2) is 4.39 Å². The number of para-hydroxylation sites is 1. The summed E-state index contributed by atoms with van der Waals surface area (Å²) >= 11 is 0. The minimum absolute atomic E-state index is 0.0606. The van der Waals surface area contributed by atoms with Crippen LogP contribution in [0.4, 0.5) is 10.1 Å². The van der Waals surface area contributed by atoms with Gasteiger partial charge in [0, 0.05) is 17.5 Å². The van der Waals surface area contributed by atoms with Crippen LogP contribution in [0, 0.1) is 5.82 Å². The molecule has 1 aromatic heterocycles. The molecule has 120 valence electrons. The minimum atomic E-state index is -0.841. The first-order valence-electron chi connectivity index (χ1n) is 7.31. The molecule has 0 atom stereocenters. The fourth-order valence-electron chi connectivity index (χ4n) is 2.22. The third kappa shape index (κ3) is 3.55. The lowest BCUT2D eigenvalue weighted by atomic mass is 10.2. The Labute approximate surface area is 137 Å². The number of rotatable bonds is 3. The molecule has 0 saturated heterocycles. The Hall–Kier alpha value is -3.28. The summed E-state index contributed by atoms with van der Waals surface area (Å²) in [6, 6.07) is 15.2. The fourth-order valence-corrected chi connectivity index (χ4v) is 2.22. The number of fused-ring (bicyclic) bond motifs is 1. The van der Waals surface area contributed by atoms with Crippen LogP contribution in [-0.2, 0) is 16.1 Å². The predicted molar refractivity (Wildman–Crippen MR) is 88.6 cm³/mol. The van der Waals surface area contributed by atoms with E-state index in [2.05, 4.69) is 15.6 Å². The van der Waals surface area contributed by atoms with Crippen LogP contribution < -0.4 is 10.6 Å². The Morgan fingerprint density at radius 2 is 1.75 bits per heavy atom. The molecule has 1 heterocycles. The molecule has 0 radical (unpaired) electrons. The van der Waals surface area contributed by atoms with E-state index in [0.29, 0.717) is 11.3 Å². The number of anilines is 1. The number of aromatic nitrogens is 1. The van der Waals surface area contributed by atoms with Crippen molar-refractivity contribution in [3.63, 3.8) is 0 Å². The molecule has 0 unspecified atom stereocenters. The highest BCUT2D eigenvalue weighted by atomic mass is 19.1. The average molecular weight is 323 g/mol. The molecule has 24 heavy (non-hydrogen) atoms. The molecule has 0 aliphatic rings. The Balaban J connectivity index is 1.63. The SMILES string of the molecule is O=C(NCc1ccccc1F)C(=O)Nc1cnc2ccccc2c1. The van der Waals surface area contributed by atoms with Crippen molar-refractivity contribution in [3.05, 3.63) is 72.2 Å². The molecule has 5 nitrogen and oxygen atoms in total. The standard InChI is InChI=1S/C18H14FN3O2/c19-15-7-3-1-6-13(15)10-21-17(23)18(24)22-14-9-12-5-2-4-8-16(12)20-11-14/h1-9,11H,10H2,(H,21,23)(H,22,24). The number of amides is 2. The maximum Gasteiger partial charge on any atom is 0.313 e. The summed E-state index contributed by atoms with van der Waals surface area (Å²) in [5, 5.41) is 5.71. The lowest BCUT2D eigenvalue weighted by Crippen LogP contribution is -2.35. The van der Waals surface area contributed by atoms with E-state index >= 15 is 0 Å². The van der Waals surface area contributed by atoms with Gasteiger partial charge < -0.3 is 10.6 Å². The highest BCUT2D eigenvalue weighted by Gasteiger charge is 2.14. The molecule has 0 aliphatic heterocycles. The van der Waals surface area contributed by atoms with Crippen molar-refractivity contribution in [2.24, 2.45) is 0 Å². The quantitative estimate of drug-likeness (QED) is 0.728. The first kappa shape index (κ1) is 15.6. The number of hydrogen-bond acceptors (Lipinski definition) is 3. The predicted octanol–water partition coefficient (Wildman–Crippen LogP) is 2.63. The van der Waals surface area contributed by atoms with Crippen molar-refractivity contribution < 1.29 is 14.0 Å². The number of nitrogens with zero attached hydrogens (tertiary/aromatic N) is 1. The lowest BCUT2D eigenvalue weighted by molar-refractivity contribution is -0.136. The van der Waals surface area contributed by atoms with Gasteiger partial charge >= 0.3 is 11.8 Å². The van der Waals surface area contributed by atoms with Gasteiger partial charge in [-0.05, 0) is 18.2 Å². The van der Waals surface area contributed by atoms with Crippen LogP contribution in [0.25, 0.3) is 10.9 Å². The summed E-state index contributed by atoms with van der Waals surface area (Å²) in [5.41, 5.74) is 1.52. The second-order valence-electron chi connectivity index (χ2n) is 5.14. The van der Waals surface area contributed by atoms with Gasteiger partial charge in [-0.15, -0.1) is 0 Å². The van der Waals surface area contributed by atoms with E-state index < -0.39 is 17.6 Å². The second kappa shape index (κ2) is 6.87. The largest absolute Gasteiger partial charge is 0.344 e. The maximum atomic E-state index is 13.5. The van der Waals surface area contributed by atoms with E-state index in [-0.39, 0.29) is 6.54 Å². The van der Waals surface area contributed by atoms with E-state index in [0.717, 1.165) is 10.9 Å². The monoisotopic (exact) mass is 323 g/mol. The van der Waals surface area contributed by atoms with Gasteiger partial charge in [0.05, 0.1) is 17.4 Å². The molecule has 2 N–H and O–H groups in total. The number of pyridine rings is 1. The van der Waals surface area contributed by atoms with Crippen LogP contribution in [-0.4, -0.2) is 16.8 Å². The van der Waals surface area contributed by atoms with Gasteiger partial charge in [-0.2, -0.15) is 0 Å². The molecule has 3 rings (SSSR count). The fraction of sp³-hybridized carbons (Fsp3) is 0.0556. The summed E-state index contributed by atoms with van der Waals surface area (Å²) in [7, 11) is 0. The van der Waals surface area contributed by atoms with Crippen molar-refractivity contribution in [1.82, 2.24) is 10.3 Å². The summed E-state index contributed by atoms with van der Waals surface area (Å²) in [4.78, 5) is 27.9. The Morgan fingerprint density at radius 3 is 2.58 bits per heavy atom. The molecule has 2 aromatic carbocycles. The topological polar surface area (TPSA) is 71.1 Å². The smallest absolute Gasteiger partial charge is 0.313 e. The molecule has 0 aliphatic carbocycles. The van der Waals surface area contributed by atoms with E-state index in [4.69, 9.17) is 0 Å². The normalized spacial score (nSPS) is 10.4. The first-order valence-corrected chi connectivity index (χ1v) is 7.31. The molecule has 0 bridgehead atoms. The van der Waals surface area contributed by atoms with Crippen molar-refractivity contribution in [2.75, 3.05) is 5.32 Å². The number of carbonyl (C=O) groups excluding carboxylic acids is 2. The zero-order valence-corrected chi connectivity index (χ0v) is 12.6. The zero-order valence-electron chi connectivity index (χ0n) is 12.6. The number of benzene rings is 2. The molecule has 3 aromatic rings. The molecular weight excluding hydrogens is 309 g/mol. The van der Waals surface area contributed by atoms with Gasteiger partial charge in [0.1, 0.15) is 5.82 Å². The number of nitrogens with one attached hydrogen (secondary N) is 2. The Kier molecular flexibility index (Phi) is 4.47. The summed E-state index contributed by atoms with van der Waals surface area (Å²) in [5.74, 6) is -2.10. The highest BCUT2D eigenvalue weighted by Crippen LogP contribution is 2.15. The second-order valence-corrected chi connectivity index (χ2v) is 5.14. The van der Waals surface area contributed by atoms with E-state index in [1.54, 1.807) is 24.3 Å². The molecule has 2 amide bonds. The molecule has 0 saturated carbocycles. The lowest BCUT2D eigenvalue weighted by Gasteiger charge is -2.07. The van der Waals surface area contributed by atoms with Crippen LogP contribution >= 0.6 is 0 Å². The number of hydrogen-bond donors (Lipinski definition) is 2. The van der Waals surface area contributed by atoms with Gasteiger partial charge in [0.15, 0.2) is 0 Å². The number of carbonyl (C=O) groups is 2. The summed E-state index contributed by atoms with van der Waals surface area (Å²) in [6.45, 7) is -0.0606. The van der Waals surface area contributed by atoms with Crippen molar-refractivity contribution in [3.8, 4) is 0 Å². The Bertz CT molecular complexity index is 911. The number of halogens is 1. The van der Waals surface area contributed by atoms with Crippen LogP contribution in [0.5, 0.6) is 0 Å². The van der Waals surface area contributed by atoms with Crippen molar-refractivity contribution in [2.45, 2.75) is 6.54 Å². The molecule has 0 spiro atoms. The van der Waals surface area contributed by atoms with Gasteiger partial charge in [-0.3, -0.25) is 14.6 Å². The van der Waals surface area contributed by atoms with Gasteiger partial charge in [0.25, 0.3) is 0 Å². The van der Waals surface area contributed by atoms with Crippen molar-refractivity contribution in [1.29, 1.82) is 0 Å². The van der Waals surface area contributed by atoms with Crippen molar-refractivity contribution >= 4 is 28.4 Å². The van der Waals surface area contributed by atoms with Crippen LogP contribution in [0.15, 0.2) is 60.8 Å². The first-order chi connectivity index (χ1) is 11.6. The Morgan fingerprint density at radius 1 is 1.00 bits per heavy atom. The molecule has 0 fully saturated rings. The van der Waals surface area contributed by atoms with Gasteiger partial charge in [0.2, 0.25) is 0 Å². The van der Waals surface area contributed by atoms with E-state index in [1.807, 2.05) is 24.3 Å². The summed E-state index contributed by atoms with van der Waals surface area (Å²) < 4.78 is 13.5. The van der Waals surface area contributed by atoms with E-state index in [9.17, 15) is 14.0 Å². The van der Waals surface area contributed by atoms with Crippen LogP contribution in [0.1, 0.15) is 5.56 Å².